The molecule has 2 saturated heterocycles. The van der Waals surface area contributed by atoms with Crippen molar-refractivity contribution < 1.29 is 9.53 Å². The van der Waals surface area contributed by atoms with Gasteiger partial charge >= 0.3 is 0 Å². The lowest BCUT2D eigenvalue weighted by atomic mass is 10.0. The van der Waals surface area contributed by atoms with E-state index in [2.05, 4.69) is 47.4 Å². The first-order valence-corrected chi connectivity index (χ1v) is 14.3. The van der Waals surface area contributed by atoms with Crippen molar-refractivity contribution in [2.24, 2.45) is 0 Å². The number of likely N-dealkylation sites (tertiary alicyclic amines) is 1. The summed E-state index contributed by atoms with van der Waals surface area (Å²) in [6, 6.07) is 16.6. The first kappa shape index (κ1) is 25.1. The van der Waals surface area contributed by atoms with E-state index in [1.807, 2.05) is 34.9 Å². The van der Waals surface area contributed by atoms with Crippen molar-refractivity contribution in [2.75, 3.05) is 58.7 Å². The van der Waals surface area contributed by atoms with Crippen LogP contribution in [0.2, 0.25) is 0 Å². The Hall–Kier alpha value is -3.88. The molecule has 0 bridgehead atoms. The van der Waals surface area contributed by atoms with Crippen molar-refractivity contribution in [3.8, 4) is 17.2 Å². The predicted octanol–water partition coefficient (Wildman–Crippen LogP) is 4.53. The van der Waals surface area contributed by atoms with Gasteiger partial charge in [0.15, 0.2) is 11.5 Å². The quantitative estimate of drug-likeness (QED) is 0.355. The average molecular weight is 538 g/mol. The number of piperazine rings is 1. The lowest BCUT2D eigenvalue weighted by molar-refractivity contribution is 0.0662. The van der Waals surface area contributed by atoms with Crippen LogP contribution < -0.4 is 15.5 Å². The van der Waals surface area contributed by atoms with Gasteiger partial charge < -0.3 is 29.3 Å². The molecule has 1 N–H and O–H groups in total. The molecule has 4 heterocycles. The zero-order valence-electron chi connectivity index (χ0n) is 23.2. The number of hydrogen-bond acceptors (Lipinski definition) is 6. The highest BCUT2D eigenvalue weighted by Gasteiger charge is 2.30. The fourth-order valence-electron chi connectivity index (χ4n) is 6.54. The molecule has 2 fully saturated rings. The molecule has 3 aromatic carbocycles. The number of carbonyl (C=O) groups is 1. The number of rotatable bonds is 5. The Balaban J connectivity index is 1.36. The van der Waals surface area contributed by atoms with Crippen molar-refractivity contribution >= 4 is 33.3 Å². The SMILES string of the molecule is CN1CCN(C(=O)c2cn3c4c(c(NCCC5CCCN5C)ccc4c2=O)Oc2ccc4ccccc4c2-3)CC1. The molecular weight excluding hydrogens is 502 g/mol. The number of hydrogen-bond donors (Lipinski definition) is 1. The van der Waals surface area contributed by atoms with Crippen molar-refractivity contribution in [2.45, 2.75) is 25.3 Å². The normalized spacial score (nSPS) is 19.1. The Bertz CT molecular complexity index is 1690. The van der Waals surface area contributed by atoms with Crippen LogP contribution in [0.1, 0.15) is 29.6 Å². The van der Waals surface area contributed by atoms with E-state index in [9.17, 15) is 9.59 Å². The summed E-state index contributed by atoms with van der Waals surface area (Å²) in [6.45, 7) is 4.78. The van der Waals surface area contributed by atoms with Crippen LogP contribution >= 0.6 is 0 Å². The molecule has 3 aliphatic rings. The molecule has 0 saturated carbocycles. The van der Waals surface area contributed by atoms with Crippen LogP contribution in [0.3, 0.4) is 0 Å². The zero-order chi connectivity index (χ0) is 27.4. The fourth-order valence-corrected chi connectivity index (χ4v) is 6.54. The van der Waals surface area contributed by atoms with Crippen molar-refractivity contribution in [3.05, 3.63) is 70.5 Å². The first-order valence-electron chi connectivity index (χ1n) is 14.3. The minimum Gasteiger partial charge on any atom is -0.451 e. The number of carbonyl (C=O) groups excluding carboxylic acids is 1. The summed E-state index contributed by atoms with van der Waals surface area (Å²) in [4.78, 5) is 34.0. The van der Waals surface area contributed by atoms with Gasteiger partial charge in [-0.15, -0.1) is 0 Å². The highest BCUT2D eigenvalue weighted by atomic mass is 16.5. The molecule has 0 radical (unpaired) electrons. The third kappa shape index (κ3) is 4.14. The molecule has 1 amide bonds. The number of pyridine rings is 1. The average Bonchev–Trinajstić information content (AvgIpc) is 3.39. The second-order valence-electron chi connectivity index (χ2n) is 11.4. The van der Waals surface area contributed by atoms with Crippen molar-refractivity contribution in [1.82, 2.24) is 19.3 Å². The number of nitrogens with one attached hydrogen (secondary N) is 1. The molecule has 1 atom stereocenters. The second-order valence-corrected chi connectivity index (χ2v) is 11.4. The molecule has 0 spiro atoms. The van der Waals surface area contributed by atoms with Crippen LogP contribution in [0.5, 0.6) is 11.5 Å². The first-order chi connectivity index (χ1) is 19.5. The largest absolute Gasteiger partial charge is 0.451 e. The number of fused-ring (bicyclic) bond motifs is 4. The number of benzene rings is 3. The number of aromatic nitrogens is 1. The number of anilines is 1. The van der Waals surface area contributed by atoms with E-state index in [1.54, 1.807) is 11.1 Å². The monoisotopic (exact) mass is 537 g/mol. The fraction of sp³-hybridized carbons (Fsp3) is 0.375. The lowest BCUT2D eigenvalue weighted by Gasteiger charge is -2.33. The molecule has 3 aliphatic heterocycles. The molecule has 40 heavy (non-hydrogen) atoms. The standard InChI is InChI=1S/C32H35N5O3/c1-34-16-18-36(19-17-34)32(39)25-20-37-28-23-8-4-3-6-21(23)9-12-27(28)40-31-26(11-10-24(29(31)37)30(25)38)33-14-13-22-7-5-15-35(22)2/h3-4,6,8-12,20,22,33H,5,7,13-19H2,1-2H3. The van der Waals surface area contributed by atoms with Crippen LogP contribution in [0.15, 0.2) is 59.5 Å². The van der Waals surface area contributed by atoms with Gasteiger partial charge in [0.05, 0.1) is 16.8 Å². The van der Waals surface area contributed by atoms with E-state index in [1.165, 1.54) is 12.8 Å². The summed E-state index contributed by atoms with van der Waals surface area (Å²) < 4.78 is 8.60. The number of nitrogens with zero attached hydrogens (tertiary/aromatic N) is 4. The third-order valence-electron chi connectivity index (χ3n) is 8.92. The summed E-state index contributed by atoms with van der Waals surface area (Å²) >= 11 is 0. The topological polar surface area (TPSA) is 70.0 Å². The van der Waals surface area contributed by atoms with Gasteiger partial charge in [-0.25, -0.2) is 0 Å². The molecule has 7 rings (SSSR count). The van der Waals surface area contributed by atoms with Gasteiger partial charge in [-0.2, -0.15) is 0 Å². The molecular formula is C32H35N5O3. The molecule has 1 unspecified atom stereocenters. The lowest BCUT2D eigenvalue weighted by Crippen LogP contribution is -2.48. The maximum atomic E-state index is 13.9. The van der Waals surface area contributed by atoms with Gasteiger partial charge in [-0.05, 0) is 63.5 Å². The molecule has 0 aliphatic carbocycles. The molecule has 1 aromatic heterocycles. The van der Waals surface area contributed by atoms with E-state index in [0.29, 0.717) is 41.5 Å². The van der Waals surface area contributed by atoms with Crippen LogP contribution in [-0.4, -0.2) is 84.6 Å². The minimum atomic E-state index is -0.247. The number of likely N-dealkylation sites (N-methyl/N-ethyl adjacent to an activating group) is 1. The van der Waals surface area contributed by atoms with Crippen LogP contribution in [0, 0.1) is 0 Å². The van der Waals surface area contributed by atoms with Gasteiger partial charge in [0.2, 0.25) is 5.43 Å². The van der Waals surface area contributed by atoms with Gasteiger partial charge in [0.1, 0.15) is 11.1 Å². The molecule has 8 nitrogen and oxygen atoms in total. The summed E-state index contributed by atoms with van der Waals surface area (Å²) in [5.41, 5.74) is 2.37. The zero-order valence-corrected chi connectivity index (χ0v) is 23.2. The third-order valence-corrected chi connectivity index (χ3v) is 8.92. The van der Waals surface area contributed by atoms with Gasteiger partial charge in [0, 0.05) is 50.3 Å². The maximum Gasteiger partial charge on any atom is 0.259 e. The van der Waals surface area contributed by atoms with Crippen LogP contribution in [0.25, 0.3) is 27.4 Å². The van der Waals surface area contributed by atoms with Crippen molar-refractivity contribution in [3.63, 3.8) is 0 Å². The van der Waals surface area contributed by atoms with Crippen LogP contribution in [-0.2, 0) is 0 Å². The second kappa shape index (κ2) is 9.94. The van der Waals surface area contributed by atoms with Gasteiger partial charge in [0.25, 0.3) is 5.91 Å². The Morgan fingerprint density at radius 2 is 1.80 bits per heavy atom. The van der Waals surface area contributed by atoms with Gasteiger partial charge in [-0.1, -0.05) is 30.3 Å². The highest BCUT2D eigenvalue weighted by molar-refractivity contribution is 6.03. The van der Waals surface area contributed by atoms with Crippen molar-refractivity contribution in [1.29, 1.82) is 0 Å². The van der Waals surface area contributed by atoms with E-state index >= 15 is 0 Å². The summed E-state index contributed by atoms with van der Waals surface area (Å²) in [7, 11) is 4.25. The van der Waals surface area contributed by atoms with E-state index in [4.69, 9.17) is 4.74 Å². The smallest absolute Gasteiger partial charge is 0.259 e. The van der Waals surface area contributed by atoms with Gasteiger partial charge in [-0.3, -0.25) is 9.59 Å². The number of ether oxygens (including phenoxy) is 1. The Kier molecular flexibility index (Phi) is 6.24. The maximum absolute atomic E-state index is 13.9. The molecule has 206 valence electrons. The van der Waals surface area contributed by atoms with E-state index in [0.717, 1.165) is 54.7 Å². The Morgan fingerprint density at radius 1 is 0.975 bits per heavy atom. The highest BCUT2D eigenvalue weighted by Crippen LogP contribution is 2.46. The summed E-state index contributed by atoms with van der Waals surface area (Å²) in [6.07, 6.45) is 5.27. The Morgan fingerprint density at radius 3 is 2.60 bits per heavy atom. The predicted molar refractivity (Wildman–Crippen MR) is 159 cm³/mol. The Labute approximate surface area is 233 Å². The van der Waals surface area contributed by atoms with E-state index < -0.39 is 0 Å². The molecule has 8 heteroatoms. The minimum absolute atomic E-state index is 0.203. The van der Waals surface area contributed by atoms with E-state index in [-0.39, 0.29) is 16.9 Å². The summed E-state index contributed by atoms with van der Waals surface area (Å²) in [5.74, 6) is 1.14. The molecule has 4 aromatic rings. The number of amides is 1. The summed E-state index contributed by atoms with van der Waals surface area (Å²) in [5, 5.41) is 6.18. The van der Waals surface area contributed by atoms with Crippen LogP contribution in [0.4, 0.5) is 5.69 Å².